The molecule has 0 bridgehead atoms. The third-order valence-electron chi connectivity index (χ3n) is 1.29. The zero-order valence-corrected chi connectivity index (χ0v) is 8.69. The summed E-state index contributed by atoms with van der Waals surface area (Å²) < 4.78 is 0. The van der Waals surface area contributed by atoms with Gasteiger partial charge in [-0.05, 0) is 5.56 Å². The maximum absolute atomic E-state index is 10.1. The van der Waals surface area contributed by atoms with Gasteiger partial charge < -0.3 is 10.4 Å². The number of halogens is 1. The van der Waals surface area contributed by atoms with Crippen molar-refractivity contribution in [3.63, 3.8) is 0 Å². The van der Waals surface area contributed by atoms with Crippen LogP contribution in [-0.2, 0) is 6.54 Å². The molecule has 0 radical (unpaired) electrons. The highest BCUT2D eigenvalue weighted by Gasteiger charge is 1.93. The van der Waals surface area contributed by atoms with Gasteiger partial charge in [0.05, 0.1) is 0 Å². The Kier molecular flexibility index (Phi) is 5.44. The summed E-state index contributed by atoms with van der Waals surface area (Å²) in [7, 11) is 0. The molecule has 0 saturated carbocycles. The molecule has 0 spiro atoms. The Labute approximate surface area is 87.8 Å². The second-order valence-electron chi connectivity index (χ2n) is 2.14. The average Bonchev–Trinajstić information content (AvgIpc) is 2.03. The van der Waals surface area contributed by atoms with Crippen LogP contribution in [0.4, 0.5) is 4.79 Å². The maximum Gasteiger partial charge on any atom is 0.404 e. The molecule has 4 heteroatoms. The molecule has 3 nitrogen and oxygen atoms in total. The van der Waals surface area contributed by atoms with Crippen LogP contribution in [0.1, 0.15) is 5.56 Å². The van der Waals surface area contributed by atoms with Gasteiger partial charge in [0, 0.05) is 6.54 Å². The fourth-order valence-electron chi connectivity index (χ4n) is 0.774. The van der Waals surface area contributed by atoms with Gasteiger partial charge in [0.1, 0.15) is 0 Å². The summed E-state index contributed by atoms with van der Waals surface area (Å²) in [5.41, 5.74) is 0.968. The van der Waals surface area contributed by atoms with E-state index in [1.165, 1.54) is 0 Å². The number of nitrogens with one attached hydrogen (secondary N) is 1. The van der Waals surface area contributed by atoms with Gasteiger partial charge in [-0.15, -0.1) is 24.0 Å². The van der Waals surface area contributed by atoms with Crippen molar-refractivity contribution in [2.45, 2.75) is 6.54 Å². The summed E-state index contributed by atoms with van der Waals surface area (Å²) in [4.78, 5) is 10.1. The van der Waals surface area contributed by atoms with Gasteiger partial charge in [0.25, 0.3) is 0 Å². The van der Waals surface area contributed by atoms with Gasteiger partial charge in [-0.1, -0.05) is 30.3 Å². The van der Waals surface area contributed by atoms with Crippen molar-refractivity contribution in [1.29, 1.82) is 0 Å². The van der Waals surface area contributed by atoms with E-state index in [0.717, 1.165) is 5.56 Å². The second-order valence-corrected chi connectivity index (χ2v) is 2.14. The number of rotatable bonds is 2. The second kappa shape index (κ2) is 5.82. The van der Waals surface area contributed by atoms with Crippen molar-refractivity contribution in [1.82, 2.24) is 5.32 Å². The molecule has 0 aliphatic heterocycles. The molecule has 0 aliphatic carbocycles. The molecule has 0 atom stereocenters. The van der Waals surface area contributed by atoms with Crippen LogP contribution in [-0.4, -0.2) is 11.2 Å². The molecule has 1 aromatic rings. The van der Waals surface area contributed by atoms with Crippen LogP contribution in [0.15, 0.2) is 30.3 Å². The Morgan fingerprint density at radius 2 is 1.92 bits per heavy atom. The van der Waals surface area contributed by atoms with Crippen LogP contribution in [0, 0.1) is 0 Å². The highest BCUT2D eigenvalue weighted by atomic mass is 127. The summed E-state index contributed by atoms with van der Waals surface area (Å²) in [6, 6.07) is 9.38. The lowest BCUT2D eigenvalue weighted by molar-refractivity contribution is 0.194. The molecule has 12 heavy (non-hydrogen) atoms. The Balaban J connectivity index is 0.00000121. The minimum Gasteiger partial charge on any atom is -0.465 e. The third kappa shape index (κ3) is 4.17. The molecule has 1 rings (SSSR count). The topological polar surface area (TPSA) is 49.3 Å². The fraction of sp³-hybridized carbons (Fsp3) is 0.125. The average molecular weight is 279 g/mol. The van der Waals surface area contributed by atoms with E-state index in [-0.39, 0.29) is 24.0 Å². The largest absolute Gasteiger partial charge is 0.465 e. The highest BCUT2D eigenvalue weighted by Crippen LogP contribution is 1.96. The third-order valence-corrected chi connectivity index (χ3v) is 1.29. The first kappa shape index (κ1) is 11.2. The fourth-order valence-corrected chi connectivity index (χ4v) is 0.774. The summed E-state index contributed by atoms with van der Waals surface area (Å²) in [5.74, 6) is 0. The van der Waals surface area contributed by atoms with Crippen molar-refractivity contribution in [2.24, 2.45) is 0 Å². The Bertz CT molecular complexity index is 238. The summed E-state index contributed by atoms with van der Waals surface area (Å²) >= 11 is 0. The van der Waals surface area contributed by atoms with Crippen LogP contribution >= 0.6 is 24.0 Å². The minimum absolute atomic E-state index is 0. The van der Waals surface area contributed by atoms with E-state index in [2.05, 4.69) is 5.32 Å². The van der Waals surface area contributed by atoms with Gasteiger partial charge >= 0.3 is 6.09 Å². The summed E-state index contributed by atoms with van der Waals surface area (Å²) in [6.45, 7) is 0.371. The number of hydrogen-bond acceptors (Lipinski definition) is 1. The van der Waals surface area contributed by atoms with E-state index in [9.17, 15) is 4.79 Å². The lowest BCUT2D eigenvalue weighted by atomic mass is 10.2. The monoisotopic (exact) mass is 279 g/mol. The van der Waals surface area contributed by atoms with Gasteiger partial charge in [-0.3, -0.25) is 0 Å². The Morgan fingerprint density at radius 1 is 1.33 bits per heavy atom. The van der Waals surface area contributed by atoms with E-state index in [1.807, 2.05) is 30.3 Å². The van der Waals surface area contributed by atoms with E-state index in [4.69, 9.17) is 5.11 Å². The van der Waals surface area contributed by atoms with E-state index in [0.29, 0.717) is 6.54 Å². The number of carboxylic acid groups (broad SMARTS) is 1. The molecular formula is C8H10INO2. The molecular weight excluding hydrogens is 269 g/mol. The lowest BCUT2D eigenvalue weighted by Gasteiger charge is -1.98. The van der Waals surface area contributed by atoms with Crippen LogP contribution in [0.3, 0.4) is 0 Å². The molecule has 1 amide bonds. The smallest absolute Gasteiger partial charge is 0.404 e. The molecule has 2 N–H and O–H groups in total. The molecule has 66 valence electrons. The van der Waals surface area contributed by atoms with Crippen LogP contribution < -0.4 is 5.32 Å². The summed E-state index contributed by atoms with van der Waals surface area (Å²) in [5, 5.41) is 10.5. The predicted octanol–water partition coefficient (Wildman–Crippen LogP) is 2.07. The van der Waals surface area contributed by atoms with Crippen molar-refractivity contribution in [2.75, 3.05) is 0 Å². The van der Waals surface area contributed by atoms with Crippen molar-refractivity contribution in [3.8, 4) is 0 Å². The first-order chi connectivity index (χ1) is 5.29. The zero-order chi connectivity index (χ0) is 8.10. The number of carbonyl (C=O) groups is 1. The standard InChI is InChI=1S/C8H9NO2.HI/c10-8(11)9-6-7-4-2-1-3-5-7;/h1-5,9H,6H2,(H,10,11);1H. The molecule has 1 aromatic carbocycles. The van der Waals surface area contributed by atoms with E-state index < -0.39 is 6.09 Å². The van der Waals surface area contributed by atoms with Crippen LogP contribution in [0.2, 0.25) is 0 Å². The number of benzene rings is 1. The first-order valence-electron chi connectivity index (χ1n) is 3.30. The van der Waals surface area contributed by atoms with E-state index >= 15 is 0 Å². The number of hydrogen-bond donors (Lipinski definition) is 2. The first-order valence-corrected chi connectivity index (χ1v) is 3.30. The normalized spacial score (nSPS) is 8.33. The van der Waals surface area contributed by atoms with Crippen molar-refractivity contribution in [3.05, 3.63) is 35.9 Å². The van der Waals surface area contributed by atoms with Gasteiger partial charge in [-0.2, -0.15) is 0 Å². The van der Waals surface area contributed by atoms with Gasteiger partial charge in [0.2, 0.25) is 0 Å². The molecule has 0 aliphatic rings. The van der Waals surface area contributed by atoms with Crippen molar-refractivity contribution < 1.29 is 9.90 Å². The quantitative estimate of drug-likeness (QED) is 0.814. The van der Waals surface area contributed by atoms with Crippen LogP contribution in [0.25, 0.3) is 0 Å². The highest BCUT2D eigenvalue weighted by molar-refractivity contribution is 14.0. The van der Waals surface area contributed by atoms with Crippen molar-refractivity contribution >= 4 is 30.1 Å². The predicted molar refractivity (Wildman–Crippen MR) is 56.7 cm³/mol. The number of amides is 1. The maximum atomic E-state index is 10.1. The molecule has 0 heterocycles. The minimum atomic E-state index is -0.992. The SMILES string of the molecule is I.O=C(O)NCc1ccccc1. The Hall–Kier alpha value is -0.780. The zero-order valence-electron chi connectivity index (χ0n) is 6.36. The Morgan fingerprint density at radius 3 is 2.42 bits per heavy atom. The van der Waals surface area contributed by atoms with E-state index in [1.54, 1.807) is 0 Å². The molecule has 0 aromatic heterocycles. The molecule has 0 fully saturated rings. The molecule has 0 saturated heterocycles. The summed E-state index contributed by atoms with van der Waals surface area (Å²) in [6.07, 6.45) is -0.992. The lowest BCUT2D eigenvalue weighted by Crippen LogP contribution is -2.19. The molecule has 0 unspecified atom stereocenters. The van der Waals surface area contributed by atoms with Gasteiger partial charge in [0.15, 0.2) is 0 Å². The van der Waals surface area contributed by atoms with Crippen LogP contribution in [0.5, 0.6) is 0 Å². The van der Waals surface area contributed by atoms with Gasteiger partial charge in [-0.25, -0.2) is 4.79 Å².